The quantitative estimate of drug-likeness (QED) is 0.0834. The second-order valence-electron chi connectivity index (χ2n) is 20.7. The molecule has 0 unspecified atom stereocenters. The first kappa shape index (κ1) is 51.1. The van der Waals surface area contributed by atoms with Gasteiger partial charge >= 0.3 is 6.03 Å². The molecular formula is C53H58ClF4N9O7. The zero-order valence-corrected chi connectivity index (χ0v) is 42.0. The molecule has 5 aromatic rings. The van der Waals surface area contributed by atoms with Gasteiger partial charge in [-0.05, 0) is 69.2 Å². The number of pyridine rings is 1. The van der Waals surface area contributed by atoms with Gasteiger partial charge in [0.2, 0.25) is 11.8 Å². The van der Waals surface area contributed by atoms with E-state index in [4.69, 9.17) is 26.8 Å². The van der Waals surface area contributed by atoms with Gasteiger partial charge in [-0.3, -0.25) is 29.3 Å². The van der Waals surface area contributed by atoms with Crippen LogP contribution in [0.2, 0.25) is 5.02 Å². The van der Waals surface area contributed by atoms with E-state index in [1.165, 1.54) is 15.6 Å². The lowest BCUT2D eigenvalue weighted by Gasteiger charge is -2.48. The molecule has 10 rings (SSSR count). The Labute approximate surface area is 429 Å². The number of aryl methyl sites for hydroxylation is 1. The standard InChI is InChI=1S/C53H58ClF4N9O7/c1-28-39-37(22-36(56)43(54)42(39)41-34(47(59)70)23-60-49(45(41)58)73-20-19-68)74-53(28,31-7-5-4-6-8-31)27-61-32-9-14-52(2,15-10-32)50(71)66-25-29(26-66)24-65-16-11-30(12-17-65)40-35(55)21-33-46(44(40)57)64(3)63-48(33)67-18-13-38(69)62-51(67)72/h4-8,21-23,28-30,32,61,68H,9-20,24-27H2,1-3H3,(H2,59,70)(H,62,69,72)/t28-,32?,52?,53-/m0/s1. The number of nitrogens with one attached hydrogen (secondary N) is 2. The highest BCUT2D eigenvalue weighted by molar-refractivity contribution is 6.34. The molecule has 4 fully saturated rings. The summed E-state index contributed by atoms with van der Waals surface area (Å²) in [5, 5.41) is 19.3. The SMILES string of the molecule is C[C@H]1c2c(cc(F)c(Cl)c2-c2c(C(N)=O)cnc(OCCO)c2F)O[C@]1(CNC1CCC(C)(C(=O)N2CC(CN3CCC(c4c(F)cc5c(N6CCC(=O)NC6=O)nn(C)c5c4F)CC3)C2)CC1)c1ccccc1. The fraction of sp³-hybridized carbons (Fsp3) is 0.472. The number of aliphatic hydroxyl groups excluding tert-OH is 1. The van der Waals surface area contributed by atoms with Crippen molar-refractivity contribution in [2.45, 2.75) is 82.3 Å². The van der Waals surface area contributed by atoms with Crippen molar-refractivity contribution < 1.29 is 51.3 Å². The molecule has 74 heavy (non-hydrogen) atoms. The number of amides is 5. The van der Waals surface area contributed by atoms with Crippen LogP contribution in [0.1, 0.15) is 97.7 Å². The minimum atomic E-state index is -1.16. The van der Waals surface area contributed by atoms with Crippen LogP contribution in [0.25, 0.3) is 22.0 Å². The summed E-state index contributed by atoms with van der Waals surface area (Å²) in [4.78, 5) is 60.5. The summed E-state index contributed by atoms with van der Waals surface area (Å²) in [6.07, 6.45) is 4.86. The minimum Gasteiger partial charge on any atom is -0.480 e. The summed E-state index contributed by atoms with van der Waals surface area (Å²) in [5.41, 5.74) is 4.37. The second kappa shape index (κ2) is 20.1. The van der Waals surface area contributed by atoms with Crippen LogP contribution in [0, 0.1) is 34.6 Å². The van der Waals surface area contributed by atoms with E-state index < -0.39 is 81.1 Å². The van der Waals surface area contributed by atoms with Crippen molar-refractivity contribution in [1.29, 1.82) is 0 Å². The molecule has 0 spiro atoms. The number of nitrogens with zero attached hydrogens (tertiary/aromatic N) is 6. The van der Waals surface area contributed by atoms with Crippen LogP contribution in [0.4, 0.5) is 28.2 Å². The number of rotatable bonds is 14. The number of carbonyl (C=O) groups is 4. The predicted octanol–water partition coefficient (Wildman–Crippen LogP) is 7.03. The number of hydrogen-bond acceptors (Lipinski definition) is 11. The first-order valence-corrected chi connectivity index (χ1v) is 25.5. The van der Waals surface area contributed by atoms with Crippen molar-refractivity contribution in [3.05, 3.63) is 99.2 Å². The molecule has 21 heteroatoms. The first-order valence-electron chi connectivity index (χ1n) is 25.1. The highest BCUT2D eigenvalue weighted by Crippen LogP contribution is 2.57. The van der Waals surface area contributed by atoms with E-state index in [-0.39, 0.29) is 89.1 Å². The molecule has 5 N–H and O–H groups in total. The van der Waals surface area contributed by atoms with Gasteiger partial charge in [0.1, 0.15) is 29.5 Å². The van der Waals surface area contributed by atoms with Gasteiger partial charge in [-0.1, -0.05) is 55.8 Å². The Balaban J connectivity index is 0.759. The normalized spacial score (nSPS) is 23.7. The van der Waals surface area contributed by atoms with Gasteiger partial charge in [-0.25, -0.2) is 27.3 Å². The van der Waals surface area contributed by atoms with Crippen LogP contribution in [0.15, 0.2) is 48.7 Å². The molecule has 2 aromatic heterocycles. The Kier molecular flexibility index (Phi) is 13.9. The lowest BCUT2D eigenvalue weighted by Crippen LogP contribution is -2.58. The minimum absolute atomic E-state index is 0.00511. The molecule has 1 aliphatic carbocycles. The van der Waals surface area contributed by atoms with Gasteiger partial charge in [0.05, 0.1) is 22.6 Å². The number of ether oxygens (including phenoxy) is 2. The molecule has 3 aromatic carbocycles. The molecule has 4 aliphatic heterocycles. The number of benzene rings is 3. The molecule has 0 radical (unpaired) electrons. The van der Waals surface area contributed by atoms with E-state index in [9.17, 15) is 24.3 Å². The molecule has 5 amide bonds. The summed E-state index contributed by atoms with van der Waals surface area (Å²) in [5.74, 6) is -5.72. The lowest BCUT2D eigenvalue weighted by atomic mass is 9.72. The number of nitrogens with two attached hydrogens (primary N) is 1. The number of fused-ring (bicyclic) bond motifs is 2. The summed E-state index contributed by atoms with van der Waals surface area (Å²) in [6.45, 7) is 6.79. The van der Waals surface area contributed by atoms with Crippen LogP contribution >= 0.6 is 11.6 Å². The van der Waals surface area contributed by atoms with Gasteiger partial charge in [0, 0.05) is 104 Å². The van der Waals surface area contributed by atoms with Crippen LogP contribution in [-0.2, 0) is 22.2 Å². The van der Waals surface area contributed by atoms with Crippen LogP contribution in [-0.4, -0.2) is 118 Å². The molecule has 1 saturated carbocycles. The largest absolute Gasteiger partial charge is 0.480 e. The number of aliphatic hydroxyl groups is 1. The zero-order valence-electron chi connectivity index (χ0n) is 41.3. The number of imide groups is 1. The van der Waals surface area contributed by atoms with Crippen molar-refractivity contribution >= 4 is 52.1 Å². The number of halogens is 5. The van der Waals surface area contributed by atoms with Gasteiger partial charge < -0.3 is 35.4 Å². The molecule has 392 valence electrons. The number of likely N-dealkylation sites (tertiary alicyclic amines) is 2. The zero-order chi connectivity index (χ0) is 52.4. The number of urea groups is 1. The average Bonchev–Trinajstić information content (AvgIpc) is 3.86. The third-order valence-electron chi connectivity index (χ3n) is 16.1. The average molecular weight is 1040 g/mol. The summed E-state index contributed by atoms with van der Waals surface area (Å²) in [7, 11) is 1.55. The van der Waals surface area contributed by atoms with Crippen LogP contribution in [0.5, 0.6) is 11.6 Å². The Morgan fingerprint density at radius 1 is 0.986 bits per heavy atom. The Bertz CT molecular complexity index is 3050. The third-order valence-corrected chi connectivity index (χ3v) is 16.5. The lowest BCUT2D eigenvalue weighted by molar-refractivity contribution is -0.150. The Morgan fingerprint density at radius 3 is 2.38 bits per heavy atom. The maximum absolute atomic E-state index is 16.4. The topological polar surface area (TPSA) is 197 Å². The molecule has 0 bridgehead atoms. The summed E-state index contributed by atoms with van der Waals surface area (Å²) < 4.78 is 77.8. The molecule has 6 heterocycles. The monoisotopic (exact) mass is 1040 g/mol. The summed E-state index contributed by atoms with van der Waals surface area (Å²) >= 11 is 6.70. The maximum Gasteiger partial charge on any atom is 0.329 e. The van der Waals surface area contributed by atoms with Gasteiger partial charge in [0.25, 0.3) is 11.8 Å². The fourth-order valence-corrected chi connectivity index (χ4v) is 12.3. The number of anilines is 1. The molecule has 2 atom stereocenters. The Hall–Kier alpha value is -6.35. The smallest absolute Gasteiger partial charge is 0.329 e. The van der Waals surface area contributed by atoms with E-state index in [2.05, 4.69) is 25.6 Å². The highest BCUT2D eigenvalue weighted by Gasteiger charge is 2.51. The number of primary amides is 1. The number of hydrogen-bond donors (Lipinski definition) is 4. The van der Waals surface area contributed by atoms with Crippen molar-refractivity contribution in [1.82, 2.24) is 35.2 Å². The number of aromatic nitrogens is 3. The first-order chi connectivity index (χ1) is 35.4. The Morgan fingerprint density at radius 2 is 1.70 bits per heavy atom. The van der Waals surface area contributed by atoms with Crippen molar-refractivity contribution in [2.75, 3.05) is 63.9 Å². The molecule has 16 nitrogen and oxygen atoms in total. The van der Waals surface area contributed by atoms with Gasteiger partial charge in [-0.15, -0.1) is 0 Å². The highest BCUT2D eigenvalue weighted by atomic mass is 35.5. The van der Waals surface area contributed by atoms with Crippen LogP contribution < -0.4 is 30.7 Å². The van der Waals surface area contributed by atoms with Gasteiger partial charge in [0.15, 0.2) is 23.1 Å². The third kappa shape index (κ3) is 9.00. The van der Waals surface area contributed by atoms with E-state index in [0.717, 1.165) is 24.4 Å². The predicted molar refractivity (Wildman–Crippen MR) is 266 cm³/mol. The summed E-state index contributed by atoms with van der Waals surface area (Å²) in [6, 6.07) is 11.1. The molecule has 5 aliphatic rings. The van der Waals surface area contributed by atoms with E-state index in [1.807, 2.05) is 49.1 Å². The van der Waals surface area contributed by atoms with Crippen LogP contribution in [0.3, 0.4) is 0 Å². The van der Waals surface area contributed by atoms with Crippen molar-refractivity contribution in [3.8, 4) is 22.8 Å². The van der Waals surface area contributed by atoms with Crippen molar-refractivity contribution in [2.24, 2.45) is 24.1 Å². The fourth-order valence-electron chi connectivity index (χ4n) is 12.0. The van der Waals surface area contributed by atoms with E-state index in [1.54, 1.807) is 7.05 Å². The number of carbonyl (C=O) groups excluding carboxylic acids is 4. The van der Waals surface area contributed by atoms with Gasteiger partial charge in [-0.2, -0.15) is 5.10 Å². The number of piperidine rings is 1. The van der Waals surface area contributed by atoms with E-state index in [0.29, 0.717) is 70.3 Å². The maximum atomic E-state index is 16.4. The van der Waals surface area contributed by atoms with Crippen molar-refractivity contribution in [3.63, 3.8) is 0 Å². The molecular weight excluding hydrogens is 986 g/mol. The van der Waals surface area contributed by atoms with E-state index >= 15 is 17.6 Å². The molecule has 3 saturated heterocycles. The second-order valence-corrected chi connectivity index (χ2v) is 21.1.